The maximum absolute atomic E-state index is 11.7. The minimum absolute atomic E-state index is 0.232. The second-order valence-electron chi connectivity index (χ2n) is 3.72. The number of hydrogen-bond donors (Lipinski definition) is 2. The Bertz CT molecular complexity index is 379. The molecule has 1 rings (SSSR count). The summed E-state index contributed by atoms with van der Waals surface area (Å²) in [5, 5.41) is 11.4. The summed E-state index contributed by atoms with van der Waals surface area (Å²) in [5.41, 5.74) is 0.232. The van der Waals surface area contributed by atoms with Crippen LogP contribution in [0.15, 0.2) is 24.4 Å². The first-order valence-corrected chi connectivity index (χ1v) is 5.60. The second-order valence-corrected chi connectivity index (χ2v) is 3.72. The van der Waals surface area contributed by atoms with Gasteiger partial charge in [-0.3, -0.25) is 9.78 Å². The number of rotatable bonds is 6. The predicted molar refractivity (Wildman–Crippen MR) is 62.7 cm³/mol. The second kappa shape index (κ2) is 6.62. The number of hydrogen-bond acceptors (Lipinski definition) is 3. The van der Waals surface area contributed by atoms with Gasteiger partial charge in [-0.1, -0.05) is 25.8 Å². The fourth-order valence-corrected chi connectivity index (χ4v) is 1.39. The van der Waals surface area contributed by atoms with Crippen molar-refractivity contribution in [2.45, 2.75) is 32.2 Å². The van der Waals surface area contributed by atoms with Crippen molar-refractivity contribution in [3.63, 3.8) is 0 Å². The molecule has 0 saturated heterocycles. The highest BCUT2D eigenvalue weighted by Crippen LogP contribution is 2.02. The lowest BCUT2D eigenvalue weighted by atomic mass is 10.1. The van der Waals surface area contributed by atoms with Crippen LogP contribution in [-0.4, -0.2) is 28.0 Å². The van der Waals surface area contributed by atoms with E-state index in [1.807, 2.05) is 6.92 Å². The third-order valence-corrected chi connectivity index (χ3v) is 2.35. The summed E-state index contributed by atoms with van der Waals surface area (Å²) < 4.78 is 0. The van der Waals surface area contributed by atoms with Crippen LogP contribution >= 0.6 is 0 Å². The number of carboxylic acids is 1. The summed E-state index contributed by atoms with van der Waals surface area (Å²) in [5.74, 6) is -1.46. The molecule has 0 spiro atoms. The van der Waals surface area contributed by atoms with Crippen LogP contribution in [0.4, 0.5) is 0 Å². The Labute approximate surface area is 99.9 Å². The number of aromatic nitrogens is 1. The number of nitrogens with zero attached hydrogens (tertiary/aromatic N) is 1. The number of aliphatic carboxylic acids is 1. The Kier molecular flexibility index (Phi) is 5.13. The monoisotopic (exact) mass is 236 g/mol. The zero-order chi connectivity index (χ0) is 12.7. The molecular formula is C12H16N2O3. The van der Waals surface area contributed by atoms with Gasteiger partial charge in [0.25, 0.3) is 5.91 Å². The minimum Gasteiger partial charge on any atom is -0.480 e. The van der Waals surface area contributed by atoms with Gasteiger partial charge in [0.15, 0.2) is 0 Å². The van der Waals surface area contributed by atoms with Crippen molar-refractivity contribution in [2.75, 3.05) is 0 Å². The summed E-state index contributed by atoms with van der Waals surface area (Å²) in [6, 6.07) is 4.09. The van der Waals surface area contributed by atoms with Crippen molar-refractivity contribution in [1.29, 1.82) is 0 Å². The van der Waals surface area contributed by atoms with E-state index in [0.29, 0.717) is 6.42 Å². The number of pyridine rings is 1. The van der Waals surface area contributed by atoms with E-state index in [4.69, 9.17) is 5.11 Å². The molecule has 1 aromatic heterocycles. The summed E-state index contributed by atoms with van der Waals surface area (Å²) in [7, 11) is 0. The van der Waals surface area contributed by atoms with Crippen molar-refractivity contribution < 1.29 is 14.7 Å². The largest absolute Gasteiger partial charge is 0.480 e. The van der Waals surface area contributed by atoms with Crippen LogP contribution in [0.1, 0.15) is 36.7 Å². The van der Waals surface area contributed by atoms with Gasteiger partial charge in [0.1, 0.15) is 11.7 Å². The van der Waals surface area contributed by atoms with Gasteiger partial charge in [-0.2, -0.15) is 0 Å². The Morgan fingerprint density at radius 3 is 2.76 bits per heavy atom. The Morgan fingerprint density at radius 1 is 1.47 bits per heavy atom. The van der Waals surface area contributed by atoms with E-state index in [9.17, 15) is 9.59 Å². The fourth-order valence-electron chi connectivity index (χ4n) is 1.39. The van der Waals surface area contributed by atoms with Gasteiger partial charge in [0, 0.05) is 6.20 Å². The molecule has 92 valence electrons. The van der Waals surface area contributed by atoms with Gasteiger partial charge in [0.05, 0.1) is 0 Å². The molecule has 5 nitrogen and oxygen atoms in total. The molecular weight excluding hydrogens is 220 g/mol. The average Bonchev–Trinajstić information content (AvgIpc) is 2.35. The van der Waals surface area contributed by atoms with Crippen LogP contribution in [0.25, 0.3) is 0 Å². The van der Waals surface area contributed by atoms with Crippen LogP contribution in [-0.2, 0) is 4.79 Å². The summed E-state index contributed by atoms with van der Waals surface area (Å²) in [6.07, 6.45) is 3.59. The van der Waals surface area contributed by atoms with E-state index >= 15 is 0 Å². The molecule has 0 aliphatic carbocycles. The highest BCUT2D eigenvalue weighted by atomic mass is 16.4. The molecule has 0 saturated carbocycles. The van der Waals surface area contributed by atoms with Crippen LogP contribution in [0.5, 0.6) is 0 Å². The molecule has 0 aliphatic rings. The molecule has 1 atom stereocenters. The van der Waals surface area contributed by atoms with Gasteiger partial charge < -0.3 is 10.4 Å². The lowest BCUT2D eigenvalue weighted by Gasteiger charge is -2.13. The van der Waals surface area contributed by atoms with Crippen molar-refractivity contribution in [2.24, 2.45) is 0 Å². The molecule has 0 unspecified atom stereocenters. The number of carbonyl (C=O) groups is 2. The fraction of sp³-hybridized carbons (Fsp3) is 0.417. The van der Waals surface area contributed by atoms with E-state index in [1.165, 1.54) is 6.20 Å². The summed E-state index contributed by atoms with van der Waals surface area (Å²) in [4.78, 5) is 26.5. The number of carboxylic acid groups (broad SMARTS) is 1. The van der Waals surface area contributed by atoms with Crippen LogP contribution in [0, 0.1) is 0 Å². The number of amides is 1. The van der Waals surface area contributed by atoms with Crippen molar-refractivity contribution in [3.8, 4) is 0 Å². The normalized spacial score (nSPS) is 11.8. The topological polar surface area (TPSA) is 79.3 Å². The first-order valence-electron chi connectivity index (χ1n) is 5.60. The van der Waals surface area contributed by atoms with Gasteiger partial charge >= 0.3 is 5.97 Å². The van der Waals surface area contributed by atoms with E-state index in [-0.39, 0.29) is 5.69 Å². The van der Waals surface area contributed by atoms with Gasteiger partial charge in [-0.15, -0.1) is 0 Å². The first kappa shape index (κ1) is 13.2. The van der Waals surface area contributed by atoms with Crippen molar-refractivity contribution >= 4 is 11.9 Å². The zero-order valence-electron chi connectivity index (χ0n) is 9.72. The molecule has 2 N–H and O–H groups in total. The van der Waals surface area contributed by atoms with Gasteiger partial charge in [-0.25, -0.2) is 4.79 Å². The standard InChI is InChI=1S/C12H16N2O3/c1-2-3-6-10(12(16)17)14-11(15)9-7-4-5-8-13-9/h4-5,7-8,10H,2-3,6H2,1H3,(H,14,15)(H,16,17)/t10-/m0/s1. The maximum Gasteiger partial charge on any atom is 0.326 e. The third kappa shape index (κ3) is 4.22. The quantitative estimate of drug-likeness (QED) is 0.783. The Morgan fingerprint density at radius 2 is 2.24 bits per heavy atom. The van der Waals surface area contributed by atoms with E-state index in [1.54, 1.807) is 18.2 Å². The highest BCUT2D eigenvalue weighted by Gasteiger charge is 2.20. The third-order valence-electron chi connectivity index (χ3n) is 2.35. The van der Waals surface area contributed by atoms with Crippen LogP contribution in [0.2, 0.25) is 0 Å². The molecule has 1 aromatic rings. The van der Waals surface area contributed by atoms with Gasteiger partial charge in [0.2, 0.25) is 0 Å². The molecule has 1 heterocycles. The molecule has 0 radical (unpaired) electrons. The Hall–Kier alpha value is -1.91. The lowest BCUT2D eigenvalue weighted by molar-refractivity contribution is -0.139. The van der Waals surface area contributed by atoms with Crippen molar-refractivity contribution in [3.05, 3.63) is 30.1 Å². The number of nitrogens with one attached hydrogen (secondary N) is 1. The van der Waals surface area contributed by atoms with E-state index < -0.39 is 17.9 Å². The minimum atomic E-state index is -1.01. The van der Waals surface area contributed by atoms with Crippen molar-refractivity contribution in [1.82, 2.24) is 10.3 Å². The lowest BCUT2D eigenvalue weighted by Crippen LogP contribution is -2.41. The number of unbranched alkanes of at least 4 members (excludes halogenated alkanes) is 1. The molecule has 0 bridgehead atoms. The molecule has 1 amide bonds. The molecule has 0 fully saturated rings. The molecule has 17 heavy (non-hydrogen) atoms. The SMILES string of the molecule is CCCC[C@H](NC(=O)c1ccccn1)C(=O)O. The number of carbonyl (C=O) groups excluding carboxylic acids is 1. The highest BCUT2D eigenvalue weighted by molar-refractivity contribution is 5.94. The zero-order valence-corrected chi connectivity index (χ0v) is 9.72. The average molecular weight is 236 g/mol. The van der Waals surface area contributed by atoms with E-state index in [2.05, 4.69) is 10.3 Å². The molecule has 5 heteroatoms. The predicted octanol–water partition coefficient (Wildman–Crippen LogP) is 1.45. The maximum atomic E-state index is 11.7. The first-order chi connectivity index (χ1) is 8.15. The smallest absolute Gasteiger partial charge is 0.326 e. The molecule has 0 aromatic carbocycles. The van der Waals surface area contributed by atoms with Crippen LogP contribution in [0.3, 0.4) is 0 Å². The molecule has 0 aliphatic heterocycles. The van der Waals surface area contributed by atoms with E-state index in [0.717, 1.165) is 12.8 Å². The van der Waals surface area contributed by atoms with Crippen LogP contribution < -0.4 is 5.32 Å². The Balaban J connectivity index is 2.61. The summed E-state index contributed by atoms with van der Waals surface area (Å²) >= 11 is 0. The van der Waals surface area contributed by atoms with Gasteiger partial charge in [-0.05, 0) is 18.6 Å². The summed E-state index contributed by atoms with van der Waals surface area (Å²) in [6.45, 7) is 1.97.